The van der Waals surface area contributed by atoms with Gasteiger partial charge in [-0.25, -0.2) is 0 Å². The predicted molar refractivity (Wildman–Crippen MR) is 148 cm³/mol. The zero-order chi connectivity index (χ0) is 34.2. The molecule has 0 spiro atoms. The Hall–Kier alpha value is -2.77. The molecule has 1 fully saturated rings. The highest BCUT2D eigenvalue weighted by Crippen LogP contribution is 2.63. The molecular formula is C23H24B4F16P-3. The lowest BCUT2D eigenvalue weighted by Crippen LogP contribution is -2.37. The fourth-order valence-corrected chi connectivity index (χ4v) is 9.59. The highest BCUT2D eigenvalue weighted by Gasteiger charge is 2.52. The monoisotopic (exact) mass is 679 g/mol. The van der Waals surface area contributed by atoms with Crippen LogP contribution < -0.4 is 15.9 Å². The molecule has 3 aromatic rings. The lowest BCUT2D eigenvalue weighted by molar-refractivity contribution is 0.366. The maximum Gasteiger partial charge on any atom is 0.673 e. The highest BCUT2D eigenvalue weighted by atomic mass is 31.2. The maximum atomic E-state index is 9.75. The standard InChI is InChI=1S/C23H24P.4BF4/c1-4-12-20(13-5-1)24(23-18-10-11-19-23,21-14-6-2-7-15-21)22-16-8-3-9-17-22;4*2-1(3,4)5/h1-9,12-17,23H,10-11,18-19H2;;;;/q+1;4*-1. The van der Waals surface area contributed by atoms with Gasteiger partial charge in [-0.15, -0.1) is 0 Å². The van der Waals surface area contributed by atoms with Crippen LogP contribution in [0.15, 0.2) is 91.0 Å². The van der Waals surface area contributed by atoms with Gasteiger partial charge in [-0.05, 0) is 62.1 Å². The Labute approximate surface area is 244 Å². The third kappa shape index (κ3) is 21.0. The molecule has 0 unspecified atom stereocenters. The summed E-state index contributed by atoms with van der Waals surface area (Å²) in [4.78, 5) is 0. The van der Waals surface area contributed by atoms with Crippen LogP contribution in [0.25, 0.3) is 0 Å². The van der Waals surface area contributed by atoms with Gasteiger partial charge >= 0.3 is 29.0 Å². The minimum atomic E-state index is -6.00. The lowest BCUT2D eigenvalue weighted by atomic mass is 10.3. The first-order valence-electron chi connectivity index (χ1n) is 12.5. The normalized spacial score (nSPS) is 13.9. The molecule has 0 radical (unpaired) electrons. The van der Waals surface area contributed by atoms with Crippen LogP contribution in [0.1, 0.15) is 25.7 Å². The summed E-state index contributed by atoms with van der Waals surface area (Å²) in [6.45, 7) is 0. The second-order valence-electron chi connectivity index (χ2n) is 8.65. The van der Waals surface area contributed by atoms with E-state index in [-0.39, 0.29) is 0 Å². The van der Waals surface area contributed by atoms with Crippen molar-refractivity contribution in [3.05, 3.63) is 91.0 Å². The number of benzene rings is 3. The Morgan fingerprint density at radius 1 is 0.364 bits per heavy atom. The van der Waals surface area contributed by atoms with Gasteiger partial charge in [-0.1, -0.05) is 54.6 Å². The summed E-state index contributed by atoms with van der Waals surface area (Å²) in [5.74, 6) is 0. The molecule has 248 valence electrons. The van der Waals surface area contributed by atoms with Crippen LogP contribution in [0.2, 0.25) is 0 Å². The molecule has 0 amide bonds. The molecule has 1 aliphatic carbocycles. The van der Waals surface area contributed by atoms with Crippen LogP contribution in [0.3, 0.4) is 0 Å². The molecular weight excluding hydrogens is 654 g/mol. The molecule has 4 rings (SSSR count). The summed E-state index contributed by atoms with van der Waals surface area (Å²) in [5.41, 5.74) is 0.768. The van der Waals surface area contributed by atoms with Crippen LogP contribution in [-0.4, -0.2) is 34.7 Å². The van der Waals surface area contributed by atoms with Crippen molar-refractivity contribution in [3.63, 3.8) is 0 Å². The first-order chi connectivity index (χ1) is 19.9. The van der Waals surface area contributed by atoms with Gasteiger partial charge in [0.2, 0.25) is 0 Å². The molecule has 1 saturated carbocycles. The van der Waals surface area contributed by atoms with Gasteiger partial charge < -0.3 is 69.1 Å². The Kier molecular flexibility index (Phi) is 17.1. The first-order valence-corrected chi connectivity index (χ1v) is 14.3. The highest BCUT2D eigenvalue weighted by molar-refractivity contribution is 7.96. The molecule has 0 atom stereocenters. The van der Waals surface area contributed by atoms with Crippen LogP contribution >= 0.6 is 7.26 Å². The van der Waals surface area contributed by atoms with Crippen molar-refractivity contribution in [2.24, 2.45) is 0 Å². The molecule has 0 aliphatic heterocycles. The van der Waals surface area contributed by atoms with Crippen molar-refractivity contribution in [2.45, 2.75) is 31.3 Å². The first kappa shape index (κ1) is 41.2. The molecule has 3 aromatic carbocycles. The molecule has 1 aliphatic rings. The average molecular weight is 679 g/mol. The van der Waals surface area contributed by atoms with Crippen molar-refractivity contribution in [1.82, 2.24) is 0 Å². The third-order valence-electron chi connectivity index (χ3n) is 5.36. The van der Waals surface area contributed by atoms with Crippen molar-refractivity contribution >= 4 is 52.2 Å². The molecule has 0 heterocycles. The van der Waals surface area contributed by atoms with E-state index < -0.39 is 36.3 Å². The third-order valence-corrected chi connectivity index (χ3v) is 10.3. The van der Waals surface area contributed by atoms with E-state index in [4.69, 9.17) is 0 Å². The van der Waals surface area contributed by atoms with Crippen LogP contribution in [0.4, 0.5) is 69.1 Å². The zero-order valence-corrected chi connectivity index (χ0v) is 23.3. The molecule has 44 heavy (non-hydrogen) atoms. The summed E-state index contributed by atoms with van der Waals surface area (Å²) < 4.78 is 156. The number of halogens is 16. The van der Waals surface area contributed by atoms with Crippen molar-refractivity contribution in [2.75, 3.05) is 0 Å². The minimum absolute atomic E-state index is 0.768. The molecule has 0 aromatic heterocycles. The molecule has 0 bridgehead atoms. The van der Waals surface area contributed by atoms with E-state index in [1.807, 2.05) is 0 Å². The Balaban J connectivity index is 0.000000757. The van der Waals surface area contributed by atoms with E-state index in [9.17, 15) is 69.1 Å². The van der Waals surface area contributed by atoms with Gasteiger partial charge in [0.25, 0.3) is 0 Å². The second kappa shape index (κ2) is 18.3. The van der Waals surface area contributed by atoms with Crippen LogP contribution in [0, 0.1) is 0 Å². The van der Waals surface area contributed by atoms with E-state index in [0.29, 0.717) is 0 Å². The van der Waals surface area contributed by atoms with E-state index in [0.717, 1.165) is 5.66 Å². The van der Waals surface area contributed by atoms with E-state index >= 15 is 0 Å². The quantitative estimate of drug-likeness (QED) is 0.146. The minimum Gasteiger partial charge on any atom is -0.418 e. The van der Waals surface area contributed by atoms with Crippen molar-refractivity contribution in [1.29, 1.82) is 0 Å². The Morgan fingerprint density at radius 3 is 0.727 bits per heavy atom. The molecule has 21 heteroatoms. The number of hydrogen-bond donors (Lipinski definition) is 0. The Morgan fingerprint density at radius 2 is 0.545 bits per heavy atom. The van der Waals surface area contributed by atoms with E-state index in [1.165, 1.54) is 41.6 Å². The summed E-state index contributed by atoms with van der Waals surface area (Å²) in [5, 5.41) is 4.61. The van der Waals surface area contributed by atoms with Gasteiger partial charge in [0.05, 0.1) is 5.66 Å². The largest absolute Gasteiger partial charge is 0.673 e. The fourth-order valence-electron chi connectivity index (χ4n) is 4.36. The van der Waals surface area contributed by atoms with Gasteiger partial charge in [0.1, 0.15) is 23.2 Å². The fraction of sp³-hybridized carbons (Fsp3) is 0.217. The van der Waals surface area contributed by atoms with Crippen molar-refractivity contribution in [3.8, 4) is 0 Å². The van der Waals surface area contributed by atoms with E-state index in [2.05, 4.69) is 91.0 Å². The average Bonchev–Trinajstić information content (AvgIpc) is 3.38. The van der Waals surface area contributed by atoms with Crippen LogP contribution in [-0.2, 0) is 0 Å². The van der Waals surface area contributed by atoms with Gasteiger partial charge in [0, 0.05) is 0 Å². The van der Waals surface area contributed by atoms with Gasteiger partial charge in [-0.2, -0.15) is 0 Å². The van der Waals surface area contributed by atoms with Crippen LogP contribution in [0.5, 0.6) is 0 Å². The summed E-state index contributed by atoms with van der Waals surface area (Å²) in [6.07, 6.45) is 5.46. The number of rotatable bonds is 4. The predicted octanol–water partition coefficient (Wildman–Crippen LogP) is 10.1. The number of hydrogen-bond acceptors (Lipinski definition) is 0. The second-order valence-corrected chi connectivity index (χ2v) is 12.4. The topological polar surface area (TPSA) is 0 Å². The summed E-state index contributed by atoms with van der Waals surface area (Å²) in [6, 6.07) is 33.9. The zero-order valence-electron chi connectivity index (χ0n) is 22.4. The van der Waals surface area contributed by atoms with Gasteiger partial charge in [-0.3, -0.25) is 0 Å². The smallest absolute Gasteiger partial charge is 0.418 e. The summed E-state index contributed by atoms with van der Waals surface area (Å²) >= 11 is 0. The van der Waals surface area contributed by atoms with E-state index in [1.54, 1.807) is 0 Å². The molecule has 0 nitrogen and oxygen atoms in total. The SMILES string of the molecule is F[B-](F)(F)F.F[B-](F)(F)F.F[B-](F)(F)F.F[B-](F)(F)F.c1ccc([P+](c2ccccc2)(c2ccccc2)C2CCCC2)cc1. The molecule has 0 N–H and O–H groups in total. The summed E-state index contributed by atoms with van der Waals surface area (Å²) in [7, 11) is -25.6. The lowest BCUT2D eigenvalue weighted by Gasteiger charge is -2.32. The maximum absolute atomic E-state index is 9.75. The van der Waals surface area contributed by atoms with Gasteiger partial charge in [0.15, 0.2) is 0 Å². The molecule has 0 saturated heterocycles. The van der Waals surface area contributed by atoms with Crippen molar-refractivity contribution < 1.29 is 69.1 Å². The Bertz CT molecular complexity index is 984.